The molecule has 0 spiro atoms. The first-order valence-corrected chi connectivity index (χ1v) is 8.46. The standard InChI is InChI=1S/C14H25BrN2/c15-11-14(5-3-6-14)12-16-8-9-17-7-2-1-4-13(17)10-16/h13H,1-12H2. The largest absolute Gasteiger partial charge is 0.300 e. The number of piperazine rings is 1. The van der Waals surface area contributed by atoms with Crippen LogP contribution in [0.25, 0.3) is 0 Å². The lowest BCUT2D eigenvalue weighted by Gasteiger charge is -2.49. The number of piperidine rings is 1. The number of alkyl halides is 1. The monoisotopic (exact) mass is 300 g/mol. The number of hydrogen-bond donors (Lipinski definition) is 0. The fraction of sp³-hybridized carbons (Fsp3) is 1.00. The molecule has 0 aromatic rings. The summed E-state index contributed by atoms with van der Waals surface area (Å²) in [5.41, 5.74) is 0.636. The Balaban J connectivity index is 1.55. The van der Waals surface area contributed by atoms with Gasteiger partial charge in [0.15, 0.2) is 0 Å². The van der Waals surface area contributed by atoms with E-state index in [1.807, 2.05) is 0 Å². The van der Waals surface area contributed by atoms with Crippen molar-refractivity contribution < 1.29 is 0 Å². The van der Waals surface area contributed by atoms with Gasteiger partial charge in [-0.2, -0.15) is 0 Å². The molecule has 1 atom stereocenters. The zero-order valence-electron chi connectivity index (χ0n) is 10.8. The van der Waals surface area contributed by atoms with Crippen LogP contribution in [0.1, 0.15) is 38.5 Å². The van der Waals surface area contributed by atoms with E-state index in [1.165, 1.54) is 76.6 Å². The van der Waals surface area contributed by atoms with Crippen LogP contribution >= 0.6 is 15.9 Å². The fourth-order valence-corrected chi connectivity index (χ4v) is 4.59. The molecule has 2 aliphatic heterocycles. The minimum Gasteiger partial charge on any atom is -0.300 e. The summed E-state index contributed by atoms with van der Waals surface area (Å²) in [5.74, 6) is 0. The Bertz CT molecular complexity index is 259. The Morgan fingerprint density at radius 1 is 1.06 bits per heavy atom. The van der Waals surface area contributed by atoms with Gasteiger partial charge in [-0.1, -0.05) is 28.8 Å². The van der Waals surface area contributed by atoms with E-state index < -0.39 is 0 Å². The highest BCUT2D eigenvalue weighted by atomic mass is 79.9. The van der Waals surface area contributed by atoms with E-state index in [1.54, 1.807) is 0 Å². The van der Waals surface area contributed by atoms with Gasteiger partial charge in [-0.15, -0.1) is 0 Å². The van der Waals surface area contributed by atoms with Crippen molar-refractivity contribution >= 4 is 15.9 Å². The Labute approximate surface area is 114 Å². The highest BCUT2D eigenvalue weighted by Gasteiger charge is 2.39. The first kappa shape index (κ1) is 12.4. The third kappa shape index (κ3) is 2.57. The quantitative estimate of drug-likeness (QED) is 0.740. The molecule has 0 N–H and O–H groups in total. The van der Waals surface area contributed by atoms with Crippen LogP contribution in [0.15, 0.2) is 0 Å². The highest BCUT2D eigenvalue weighted by Crippen LogP contribution is 2.43. The molecule has 2 nitrogen and oxygen atoms in total. The predicted octanol–water partition coefficient (Wildman–Crippen LogP) is 2.72. The summed E-state index contributed by atoms with van der Waals surface area (Å²) in [4.78, 5) is 5.49. The second kappa shape index (κ2) is 5.18. The van der Waals surface area contributed by atoms with E-state index in [-0.39, 0.29) is 0 Å². The molecule has 17 heavy (non-hydrogen) atoms. The molecule has 1 unspecified atom stereocenters. The maximum absolute atomic E-state index is 3.74. The third-order valence-electron chi connectivity index (χ3n) is 5.18. The molecule has 3 heteroatoms. The van der Waals surface area contributed by atoms with Gasteiger partial charge < -0.3 is 0 Å². The van der Waals surface area contributed by atoms with E-state index in [9.17, 15) is 0 Å². The van der Waals surface area contributed by atoms with Crippen LogP contribution < -0.4 is 0 Å². The van der Waals surface area contributed by atoms with Gasteiger partial charge in [0.1, 0.15) is 0 Å². The van der Waals surface area contributed by atoms with Crippen molar-refractivity contribution in [2.75, 3.05) is 38.1 Å². The molecule has 2 heterocycles. The zero-order valence-corrected chi connectivity index (χ0v) is 12.4. The van der Waals surface area contributed by atoms with E-state index in [4.69, 9.17) is 0 Å². The van der Waals surface area contributed by atoms with E-state index in [2.05, 4.69) is 25.7 Å². The molecule has 2 saturated heterocycles. The van der Waals surface area contributed by atoms with E-state index >= 15 is 0 Å². The van der Waals surface area contributed by atoms with Crippen molar-refractivity contribution in [3.63, 3.8) is 0 Å². The molecule has 0 aromatic heterocycles. The normalized spacial score (nSPS) is 34.1. The van der Waals surface area contributed by atoms with Crippen LogP contribution in [-0.2, 0) is 0 Å². The molecule has 1 aliphatic carbocycles. The molecule has 1 saturated carbocycles. The summed E-state index contributed by atoms with van der Waals surface area (Å²) < 4.78 is 0. The number of fused-ring (bicyclic) bond motifs is 1. The molecule has 3 fully saturated rings. The fourth-order valence-electron chi connectivity index (χ4n) is 3.85. The van der Waals surface area contributed by atoms with Crippen molar-refractivity contribution in [3.05, 3.63) is 0 Å². The number of hydrogen-bond acceptors (Lipinski definition) is 2. The van der Waals surface area contributed by atoms with Crippen LogP contribution in [0.3, 0.4) is 0 Å². The van der Waals surface area contributed by atoms with Gasteiger partial charge in [-0.3, -0.25) is 9.80 Å². The molecule has 98 valence electrons. The third-order valence-corrected chi connectivity index (χ3v) is 6.37. The first-order valence-electron chi connectivity index (χ1n) is 7.34. The lowest BCUT2D eigenvalue weighted by Crippen LogP contribution is -2.57. The topological polar surface area (TPSA) is 6.48 Å². The van der Waals surface area contributed by atoms with Crippen molar-refractivity contribution in [3.8, 4) is 0 Å². The van der Waals surface area contributed by atoms with Crippen LogP contribution in [-0.4, -0.2) is 53.9 Å². The molecular weight excluding hydrogens is 276 g/mol. The molecule has 3 aliphatic rings. The maximum Gasteiger partial charge on any atom is 0.0223 e. The van der Waals surface area contributed by atoms with Crippen LogP contribution in [0.4, 0.5) is 0 Å². The smallest absolute Gasteiger partial charge is 0.0223 e. The van der Waals surface area contributed by atoms with Gasteiger partial charge in [-0.25, -0.2) is 0 Å². The number of nitrogens with zero attached hydrogens (tertiary/aromatic N) is 2. The Hall–Kier alpha value is 0.400. The number of rotatable bonds is 3. The van der Waals surface area contributed by atoms with Gasteiger partial charge in [0, 0.05) is 37.6 Å². The van der Waals surface area contributed by atoms with Gasteiger partial charge >= 0.3 is 0 Å². The Morgan fingerprint density at radius 3 is 2.65 bits per heavy atom. The summed E-state index contributed by atoms with van der Waals surface area (Å²) >= 11 is 3.74. The summed E-state index contributed by atoms with van der Waals surface area (Å²) in [7, 11) is 0. The average Bonchev–Trinajstić information content (AvgIpc) is 2.34. The summed E-state index contributed by atoms with van der Waals surface area (Å²) in [6.45, 7) is 6.69. The van der Waals surface area contributed by atoms with Crippen LogP contribution in [0, 0.1) is 5.41 Å². The van der Waals surface area contributed by atoms with Gasteiger partial charge in [0.25, 0.3) is 0 Å². The zero-order chi connectivity index (χ0) is 11.7. The Kier molecular flexibility index (Phi) is 3.79. The number of halogens is 1. The lowest BCUT2D eigenvalue weighted by molar-refractivity contribution is 0.0115. The van der Waals surface area contributed by atoms with Crippen molar-refractivity contribution in [1.82, 2.24) is 9.80 Å². The Morgan fingerprint density at radius 2 is 1.94 bits per heavy atom. The molecule has 0 aromatic carbocycles. The van der Waals surface area contributed by atoms with Crippen molar-refractivity contribution in [2.24, 2.45) is 5.41 Å². The van der Waals surface area contributed by atoms with Crippen molar-refractivity contribution in [2.45, 2.75) is 44.6 Å². The second-order valence-corrected chi connectivity index (χ2v) is 6.97. The summed E-state index contributed by atoms with van der Waals surface area (Å²) in [6.07, 6.45) is 8.68. The van der Waals surface area contributed by atoms with Gasteiger partial charge in [0.2, 0.25) is 0 Å². The summed E-state index contributed by atoms with van der Waals surface area (Å²) in [6, 6.07) is 0.880. The van der Waals surface area contributed by atoms with Crippen LogP contribution in [0.5, 0.6) is 0 Å². The lowest BCUT2D eigenvalue weighted by atomic mass is 9.70. The minimum absolute atomic E-state index is 0.636. The summed E-state index contributed by atoms with van der Waals surface area (Å²) in [5, 5.41) is 1.21. The molecule has 0 radical (unpaired) electrons. The van der Waals surface area contributed by atoms with Gasteiger partial charge in [-0.05, 0) is 37.6 Å². The second-order valence-electron chi connectivity index (χ2n) is 6.41. The maximum atomic E-state index is 3.74. The molecule has 0 bridgehead atoms. The minimum atomic E-state index is 0.636. The molecular formula is C14H25BrN2. The average molecular weight is 301 g/mol. The SMILES string of the molecule is BrCC1(CN2CCN3CCCCC3C2)CCC1. The van der Waals surface area contributed by atoms with Gasteiger partial charge in [0.05, 0.1) is 0 Å². The molecule has 3 rings (SSSR count). The predicted molar refractivity (Wildman–Crippen MR) is 75.7 cm³/mol. The molecule has 0 amide bonds. The first-order chi connectivity index (χ1) is 8.31. The van der Waals surface area contributed by atoms with Crippen molar-refractivity contribution in [1.29, 1.82) is 0 Å². The highest BCUT2D eigenvalue weighted by molar-refractivity contribution is 9.09. The van der Waals surface area contributed by atoms with E-state index in [0.717, 1.165) is 6.04 Å². The van der Waals surface area contributed by atoms with Crippen LogP contribution in [0.2, 0.25) is 0 Å². The van der Waals surface area contributed by atoms with E-state index in [0.29, 0.717) is 5.41 Å².